The van der Waals surface area contributed by atoms with Crippen molar-refractivity contribution < 1.29 is 14.4 Å². The molecule has 0 fully saturated rings. The second kappa shape index (κ2) is 4.95. The van der Waals surface area contributed by atoms with Crippen LogP contribution in [0.1, 0.15) is 6.92 Å². The van der Waals surface area contributed by atoms with E-state index < -0.39 is 10.5 Å². The van der Waals surface area contributed by atoms with Gasteiger partial charge in [0.2, 0.25) is 0 Å². The highest BCUT2D eigenvalue weighted by Gasteiger charge is 2.41. The number of nitro groups is 1. The van der Waals surface area contributed by atoms with E-state index in [2.05, 4.69) is 30.9 Å². The van der Waals surface area contributed by atoms with Crippen molar-refractivity contribution in [3.05, 3.63) is 33.2 Å². The molecule has 0 aromatic carbocycles. The summed E-state index contributed by atoms with van der Waals surface area (Å²) in [6.07, 6.45) is 4.50. The zero-order valence-corrected chi connectivity index (χ0v) is 12.5. The van der Waals surface area contributed by atoms with Gasteiger partial charge in [-0.1, -0.05) is 0 Å². The Balaban J connectivity index is 1.65. The molecule has 0 bridgehead atoms. The van der Waals surface area contributed by atoms with Gasteiger partial charge in [-0.05, 0) is 27.8 Å². The molecule has 9 nitrogen and oxygen atoms in total. The summed E-state index contributed by atoms with van der Waals surface area (Å²) in [4.78, 5) is 21.9. The van der Waals surface area contributed by atoms with E-state index in [4.69, 9.17) is 9.47 Å². The molecule has 10 heteroatoms. The van der Waals surface area contributed by atoms with Gasteiger partial charge in [-0.2, -0.15) is 0 Å². The molecule has 0 spiro atoms. The summed E-state index contributed by atoms with van der Waals surface area (Å²) in [5.74, 6) is -0.232. The molecule has 1 aliphatic rings. The van der Waals surface area contributed by atoms with Crippen molar-refractivity contribution in [2.45, 2.75) is 19.1 Å². The maximum atomic E-state index is 10.6. The predicted octanol–water partition coefficient (Wildman–Crippen LogP) is 1.57. The molecular formula is C11H10BrN5O4. The molecule has 21 heavy (non-hydrogen) atoms. The minimum atomic E-state index is -0.673. The van der Waals surface area contributed by atoms with Gasteiger partial charge in [0.15, 0.2) is 5.60 Å². The van der Waals surface area contributed by atoms with Crippen LogP contribution in [0.5, 0.6) is 12.0 Å². The van der Waals surface area contributed by atoms with Gasteiger partial charge in [-0.25, -0.2) is 9.97 Å². The van der Waals surface area contributed by atoms with Crippen molar-refractivity contribution in [2.24, 2.45) is 0 Å². The zero-order valence-electron chi connectivity index (χ0n) is 10.9. The standard InChI is InChI=1S/C11H10BrN5O4/c1-11(6-20-9-13-2-7(12)3-14-9)5-16-4-8(17(18)19)15-10(16)21-11/h2-4H,5-6H2,1H3. The van der Waals surface area contributed by atoms with Gasteiger partial charge >= 0.3 is 17.8 Å². The van der Waals surface area contributed by atoms with Crippen LogP contribution in [0.15, 0.2) is 23.1 Å². The second-order valence-corrected chi connectivity index (χ2v) is 5.71. The number of nitrogens with zero attached hydrogens (tertiary/aromatic N) is 5. The van der Waals surface area contributed by atoms with Crippen molar-refractivity contribution in [3.8, 4) is 12.0 Å². The fourth-order valence-electron chi connectivity index (χ4n) is 1.95. The summed E-state index contributed by atoms with van der Waals surface area (Å²) in [6, 6.07) is 0.447. The van der Waals surface area contributed by atoms with Crippen LogP contribution in [0.2, 0.25) is 0 Å². The lowest BCUT2D eigenvalue weighted by Crippen LogP contribution is -2.38. The van der Waals surface area contributed by atoms with Gasteiger partial charge in [-0.15, -0.1) is 0 Å². The normalized spacial score (nSPS) is 19.9. The summed E-state index contributed by atoms with van der Waals surface area (Å²) in [5, 5.41) is 10.6. The number of halogens is 1. The number of fused-ring (bicyclic) bond motifs is 1. The SMILES string of the molecule is CC1(COc2ncc(Br)cn2)Cn2cc([N+](=O)[O-])nc2O1. The van der Waals surface area contributed by atoms with E-state index in [-0.39, 0.29) is 24.4 Å². The molecule has 0 saturated carbocycles. The van der Waals surface area contributed by atoms with Gasteiger partial charge in [-0.3, -0.25) is 4.57 Å². The van der Waals surface area contributed by atoms with Crippen molar-refractivity contribution >= 4 is 21.7 Å². The minimum Gasteiger partial charge on any atom is -0.459 e. The lowest BCUT2D eigenvalue weighted by Gasteiger charge is -2.21. The summed E-state index contributed by atoms with van der Waals surface area (Å²) in [5.41, 5.74) is -0.673. The quantitative estimate of drug-likeness (QED) is 0.605. The molecule has 0 radical (unpaired) electrons. The van der Waals surface area contributed by atoms with Crippen LogP contribution in [0, 0.1) is 10.1 Å². The van der Waals surface area contributed by atoms with E-state index in [0.29, 0.717) is 6.54 Å². The van der Waals surface area contributed by atoms with E-state index in [1.165, 1.54) is 6.20 Å². The molecule has 0 aliphatic carbocycles. The van der Waals surface area contributed by atoms with Crippen molar-refractivity contribution in [1.29, 1.82) is 0 Å². The molecule has 1 atom stereocenters. The predicted molar refractivity (Wildman–Crippen MR) is 73.1 cm³/mol. The number of rotatable bonds is 4. The monoisotopic (exact) mass is 355 g/mol. The zero-order chi connectivity index (χ0) is 15.0. The van der Waals surface area contributed by atoms with Crippen LogP contribution in [0.25, 0.3) is 0 Å². The number of imidazole rings is 1. The van der Waals surface area contributed by atoms with Crippen molar-refractivity contribution in [3.63, 3.8) is 0 Å². The Kier molecular flexibility index (Phi) is 3.24. The summed E-state index contributed by atoms with van der Waals surface area (Å²) in [7, 11) is 0. The van der Waals surface area contributed by atoms with Crippen LogP contribution in [-0.2, 0) is 6.54 Å². The largest absolute Gasteiger partial charge is 0.459 e. The highest BCUT2D eigenvalue weighted by molar-refractivity contribution is 9.10. The third kappa shape index (κ3) is 2.79. The van der Waals surface area contributed by atoms with Gasteiger partial charge < -0.3 is 19.6 Å². The molecular weight excluding hydrogens is 346 g/mol. The minimum absolute atomic E-state index is 0.200. The summed E-state index contributed by atoms with van der Waals surface area (Å²) >= 11 is 3.23. The molecule has 3 rings (SSSR count). The fraction of sp³-hybridized carbons (Fsp3) is 0.364. The average Bonchev–Trinajstić information content (AvgIpc) is 2.93. The van der Waals surface area contributed by atoms with Crippen LogP contribution in [0.3, 0.4) is 0 Å². The van der Waals surface area contributed by atoms with Crippen LogP contribution in [-0.4, -0.2) is 36.7 Å². The van der Waals surface area contributed by atoms with Crippen molar-refractivity contribution in [2.75, 3.05) is 6.61 Å². The van der Waals surface area contributed by atoms with Gasteiger partial charge in [0.05, 0.1) is 11.0 Å². The Morgan fingerprint density at radius 3 is 2.90 bits per heavy atom. The van der Waals surface area contributed by atoms with Crippen LogP contribution >= 0.6 is 15.9 Å². The molecule has 1 unspecified atom stereocenters. The Hall–Kier alpha value is -2.23. The number of ether oxygens (including phenoxy) is 2. The number of aromatic nitrogens is 4. The molecule has 2 aromatic rings. The number of hydrogen-bond donors (Lipinski definition) is 0. The van der Waals surface area contributed by atoms with Gasteiger partial charge in [0.25, 0.3) is 0 Å². The average molecular weight is 356 g/mol. The third-order valence-corrected chi connectivity index (χ3v) is 3.27. The molecule has 1 aliphatic heterocycles. The van der Waals surface area contributed by atoms with Crippen molar-refractivity contribution in [1.82, 2.24) is 19.5 Å². The lowest BCUT2D eigenvalue weighted by molar-refractivity contribution is -0.389. The Bertz CT molecular complexity index is 663. The van der Waals surface area contributed by atoms with E-state index in [0.717, 1.165) is 4.47 Å². The molecule has 3 heterocycles. The maximum absolute atomic E-state index is 10.6. The smallest absolute Gasteiger partial charge is 0.415 e. The van der Waals surface area contributed by atoms with E-state index in [1.54, 1.807) is 17.0 Å². The highest BCUT2D eigenvalue weighted by Crippen LogP contribution is 2.31. The molecule has 0 saturated heterocycles. The fourth-order valence-corrected chi connectivity index (χ4v) is 2.15. The molecule has 0 N–H and O–H groups in total. The first-order chi connectivity index (χ1) is 9.95. The van der Waals surface area contributed by atoms with Gasteiger partial charge in [0, 0.05) is 17.4 Å². The topological polar surface area (TPSA) is 105 Å². The van der Waals surface area contributed by atoms with E-state index in [1.807, 2.05) is 6.92 Å². The first-order valence-corrected chi connectivity index (χ1v) is 6.75. The maximum Gasteiger partial charge on any atom is 0.415 e. The van der Waals surface area contributed by atoms with Crippen LogP contribution in [0.4, 0.5) is 5.82 Å². The highest BCUT2D eigenvalue weighted by atomic mass is 79.9. The Labute approximate surface area is 127 Å². The lowest BCUT2D eigenvalue weighted by atomic mass is 10.1. The Morgan fingerprint density at radius 1 is 1.57 bits per heavy atom. The first-order valence-electron chi connectivity index (χ1n) is 5.96. The second-order valence-electron chi connectivity index (χ2n) is 4.79. The van der Waals surface area contributed by atoms with Crippen LogP contribution < -0.4 is 9.47 Å². The summed E-state index contributed by atoms with van der Waals surface area (Å²) in [6.45, 7) is 2.43. The number of hydrogen-bond acceptors (Lipinski definition) is 7. The molecule has 0 amide bonds. The first kappa shape index (κ1) is 13.7. The third-order valence-electron chi connectivity index (χ3n) is 2.86. The summed E-state index contributed by atoms with van der Waals surface area (Å²) < 4.78 is 13.5. The van der Waals surface area contributed by atoms with E-state index in [9.17, 15) is 10.1 Å². The van der Waals surface area contributed by atoms with E-state index >= 15 is 0 Å². The van der Waals surface area contributed by atoms with Gasteiger partial charge in [0.1, 0.15) is 12.8 Å². The Morgan fingerprint density at radius 2 is 2.29 bits per heavy atom. The molecule has 2 aromatic heterocycles. The molecule has 110 valence electrons.